The van der Waals surface area contributed by atoms with Gasteiger partial charge in [0, 0.05) is 36.3 Å². The van der Waals surface area contributed by atoms with Gasteiger partial charge < -0.3 is 20.7 Å². The van der Waals surface area contributed by atoms with Crippen LogP contribution in [0.1, 0.15) is 24.0 Å². The van der Waals surface area contributed by atoms with Gasteiger partial charge in [0.05, 0.1) is 23.8 Å². The van der Waals surface area contributed by atoms with Crippen molar-refractivity contribution >= 4 is 39.9 Å². The SMILES string of the molecule is COc1ccc(CNc2nnc(N3CCC(C(N)=O)CC3)c3ccc(C#N)cc23)cc1Cl. The average Bonchev–Trinajstić information content (AvgIpc) is 2.82. The van der Waals surface area contributed by atoms with Crippen molar-refractivity contribution in [1.29, 1.82) is 5.26 Å². The highest BCUT2D eigenvalue weighted by Gasteiger charge is 2.25. The highest BCUT2D eigenvalue weighted by atomic mass is 35.5. The van der Waals surface area contributed by atoms with Crippen molar-refractivity contribution in [1.82, 2.24) is 10.2 Å². The molecule has 1 aliphatic rings. The molecule has 4 rings (SSSR count). The fourth-order valence-corrected chi connectivity index (χ4v) is 4.24. The second-order valence-corrected chi connectivity index (χ2v) is 8.14. The van der Waals surface area contributed by atoms with Gasteiger partial charge in [-0.2, -0.15) is 5.26 Å². The van der Waals surface area contributed by atoms with Gasteiger partial charge in [-0.25, -0.2) is 0 Å². The number of nitriles is 1. The lowest BCUT2D eigenvalue weighted by atomic mass is 9.96. The lowest BCUT2D eigenvalue weighted by Gasteiger charge is -2.32. The molecule has 0 spiro atoms. The Morgan fingerprint density at radius 1 is 1.25 bits per heavy atom. The Bertz CT molecular complexity index is 1200. The number of piperidine rings is 1. The van der Waals surface area contributed by atoms with Crippen molar-refractivity contribution in [2.45, 2.75) is 19.4 Å². The normalized spacial score (nSPS) is 14.2. The fraction of sp³-hybridized carbons (Fsp3) is 0.304. The van der Waals surface area contributed by atoms with E-state index in [0.717, 1.165) is 22.2 Å². The van der Waals surface area contributed by atoms with Crippen molar-refractivity contribution in [3.63, 3.8) is 0 Å². The molecular formula is C23H23ClN6O2. The van der Waals surface area contributed by atoms with Gasteiger partial charge in [-0.15, -0.1) is 10.2 Å². The molecule has 0 atom stereocenters. The van der Waals surface area contributed by atoms with Crippen LogP contribution in [0.3, 0.4) is 0 Å². The number of primary amides is 1. The first-order valence-corrected chi connectivity index (χ1v) is 10.7. The number of halogens is 1. The molecule has 32 heavy (non-hydrogen) atoms. The Morgan fingerprint density at radius 2 is 2.03 bits per heavy atom. The van der Waals surface area contributed by atoms with E-state index >= 15 is 0 Å². The number of nitrogens with two attached hydrogens (primary N) is 1. The van der Waals surface area contributed by atoms with E-state index in [-0.39, 0.29) is 11.8 Å². The Balaban J connectivity index is 1.62. The number of rotatable bonds is 6. The molecule has 0 bridgehead atoms. The van der Waals surface area contributed by atoms with Crippen LogP contribution in [0.2, 0.25) is 5.02 Å². The molecule has 0 saturated carbocycles. The lowest BCUT2D eigenvalue weighted by Crippen LogP contribution is -2.39. The number of nitrogens with zero attached hydrogens (tertiary/aromatic N) is 4. The summed E-state index contributed by atoms with van der Waals surface area (Å²) in [6.07, 6.45) is 1.38. The van der Waals surface area contributed by atoms with Gasteiger partial charge in [-0.05, 0) is 48.7 Å². The summed E-state index contributed by atoms with van der Waals surface area (Å²) in [5, 5.41) is 23.8. The van der Waals surface area contributed by atoms with E-state index in [1.165, 1.54) is 0 Å². The average molecular weight is 451 g/mol. The van der Waals surface area contributed by atoms with Gasteiger partial charge in [-0.3, -0.25) is 4.79 Å². The summed E-state index contributed by atoms with van der Waals surface area (Å²) in [5.41, 5.74) is 6.96. The van der Waals surface area contributed by atoms with E-state index in [4.69, 9.17) is 22.1 Å². The summed E-state index contributed by atoms with van der Waals surface area (Å²) < 4.78 is 5.20. The summed E-state index contributed by atoms with van der Waals surface area (Å²) in [6, 6.07) is 13.2. The van der Waals surface area contributed by atoms with Crippen molar-refractivity contribution in [2.24, 2.45) is 11.7 Å². The molecule has 3 N–H and O–H groups in total. The van der Waals surface area contributed by atoms with Crippen LogP contribution >= 0.6 is 11.6 Å². The number of carbonyl (C=O) groups is 1. The lowest BCUT2D eigenvalue weighted by molar-refractivity contribution is -0.122. The number of ether oxygens (including phenoxy) is 1. The van der Waals surface area contributed by atoms with Gasteiger partial charge in [-0.1, -0.05) is 17.7 Å². The van der Waals surface area contributed by atoms with E-state index in [1.807, 2.05) is 30.3 Å². The maximum atomic E-state index is 11.5. The largest absolute Gasteiger partial charge is 0.495 e. The summed E-state index contributed by atoms with van der Waals surface area (Å²) >= 11 is 6.23. The van der Waals surface area contributed by atoms with Crippen LogP contribution in [0.15, 0.2) is 36.4 Å². The number of benzene rings is 2. The Morgan fingerprint density at radius 3 is 2.69 bits per heavy atom. The summed E-state index contributed by atoms with van der Waals surface area (Å²) in [7, 11) is 1.57. The monoisotopic (exact) mass is 450 g/mol. The minimum absolute atomic E-state index is 0.104. The van der Waals surface area contributed by atoms with E-state index < -0.39 is 0 Å². The van der Waals surface area contributed by atoms with E-state index in [2.05, 4.69) is 26.5 Å². The zero-order chi connectivity index (χ0) is 22.7. The van der Waals surface area contributed by atoms with Gasteiger partial charge in [0.1, 0.15) is 5.75 Å². The fourth-order valence-electron chi connectivity index (χ4n) is 3.96. The summed E-state index contributed by atoms with van der Waals surface area (Å²) in [4.78, 5) is 13.6. The molecule has 8 nitrogen and oxygen atoms in total. The number of hydrogen-bond donors (Lipinski definition) is 2. The van der Waals surface area contributed by atoms with E-state index in [0.29, 0.717) is 54.6 Å². The highest BCUT2D eigenvalue weighted by Crippen LogP contribution is 2.32. The first-order valence-electron chi connectivity index (χ1n) is 10.3. The molecule has 1 amide bonds. The van der Waals surface area contributed by atoms with Crippen LogP contribution < -0.4 is 20.7 Å². The number of fused-ring (bicyclic) bond motifs is 1. The number of amides is 1. The van der Waals surface area contributed by atoms with Crippen LogP contribution in [-0.2, 0) is 11.3 Å². The van der Waals surface area contributed by atoms with E-state index in [1.54, 1.807) is 13.2 Å². The van der Waals surface area contributed by atoms with Crippen molar-refractivity contribution in [2.75, 3.05) is 30.4 Å². The molecule has 9 heteroatoms. The number of carbonyl (C=O) groups excluding carboxylic acids is 1. The molecule has 1 aliphatic heterocycles. The van der Waals surface area contributed by atoms with E-state index in [9.17, 15) is 10.1 Å². The number of hydrogen-bond acceptors (Lipinski definition) is 7. The van der Waals surface area contributed by atoms with Crippen molar-refractivity contribution < 1.29 is 9.53 Å². The van der Waals surface area contributed by atoms with Crippen LogP contribution in [0.25, 0.3) is 10.8 Å². The third kappa shape index (κ3) is 4.39. The summed E-state index contributed by atoms with van der Waals surface area (Å²) in [6.45, 7) is 1.83. The zero-order valence-corrected chi connectivity index (χ0v) is 18.4. The molecule has 0 unspecified atom stereocenters. The Kier molecular flexibility index (Phi) is 6.28. The molecule has 0 radical (unpaired) electrons. The van der Waals surface area contributed by atoms with Crippen LogP contribution in [-0.4, -0.2) is 36.3 Å². The molecule has 1 saturated heterocycles. The van der Waals surface area contributed by atoms with Gasteiger partial charge in [0.2, 0.25) is 5.91 Å². The minimum Gasteiger partial charge on any atom is -0.495 e. The standard InChI is InChI=1S/C23H23ClN6O2/c1-32-20-5-3-15(11-19(20)24)13-27-22-18-10-14(12-25)2-4-17(18)23(29-28-22)30-8-6-16(7-9-30)21(26)31/h2-5,10-11,16H,6-9,13H2,1H3,(H2,26,31)(H,27,28). The smallest absolute Gasteiger partial charge is 0.220 e. The molecule has 164 valence electrons. The predicted octanol–water partition coefficient (Wildman–Crippen LogP) is 3.48. The number of aromatic nitrogens is 2. The third-order valence-electron chi connectivity index (χ3n) is 5.76. The van der Waals surface area contributed by atoms with Gasteiger partial charge in [0.15, 0.2) is 11.6 Å². The highest BCUT2D eigenvalue weighted by molar-refractivity contribution is 6.32. The Hall–Kier alpha value is -3.57. The molecule has 3 aromatic rings. The quantitative estimate of drug-likeness (QED) is 0.590. The van der Waals surface area contributed by atoms with Crippen LogP contribution in [0.5, 0.6) is 5.75 Å². The van der Waals surface area contributed by atoms with Crippen LogP contribution in [0, 0.1) is 17.2 Å². The van der Waals surface area contributed by atoms with Gasteiger partial charge in [0.25, 0.3) is 0 Å². The molecule has 2 aromatic carbocycles. The molecular weight excluding hydrogens is 428 g/mol. The van der Waals surface area contributed by atoms with Crippen molar-refractivity contribution in [3.8, 4) is 11.8 Å². The minimum atomic E-state index is -0.252. The number of methoxy groups -OCH3 is 1. The molecule has 0 aliphatic carbocycles. The number of nitrogens with one attached hydrogen (secondary N) is 1. The zero-order valence-electron chi connectivity index (χ0n) is 17.6. The van der Waals surface area contributed by atoms with Gasteiger partial charge >= 0.3 is 0 Å². The first kappa shape index (κ1) is 21.7. The maximum absolute atomic E-state index is 11.5. The predicted molar refractivity (Wildman–Crippen MR) is 124 cm³/mol. The van der Waals surface area contributed by atoms with Crippen molar-refractivity contribution in [3.05, 3.63) is 52.5 Å². The second kappa shape index (κ2) is 9.28. The summed E-state index contributed by atoms with van der Waals surface area (Å²) in [5.74, 6) is 1.58. The number of anilines is 2. The third-order valence-corrected chi connectivity index (χ3v) is 6.06. The molecule has 1 aromatic heterocycles. The van der Waals surface area contributed by atoms with Crippen LogP contribution in [0.4, 0.5) is 11.6 Å². The second-order valence-electron chi connectivity index (χ2n) is 7.73. The maximum Gasteiger partial charge on any atom is 0.220 e. The molecule has 2 heterocycles. The first-order chi connectivity index (χ1) is 15.5. The Labute approximate surface area is 190 Å². The topological polar surface area (TPSA) is 117 Å². The molecule has 1 fully saturated rings.